The highest BCUT2D eigenvalue weighted by Gasteiger charge is 2.12. The maximum Gasteiger partial charge on any atom is 0.146 e. The Bertz CT molecular complexity index is 202. The molecule has 0 amide bonds. The summed E-state index contributed by atoms with van der Waals surface area (Å²) >= 11 is 0. The predicted octanol–water partition coefficient (Wildman–Crippen LogP) is 1.36. The van der Waals surface area contributed by atoms with E-state index >= 15 is 0 Å². The van der Waals surface area contributed by atoms with Crippen LogP contribution in [-0.2, 0) is 9.63 Å². The van der Waals surface area contributed by atoms with Crippen molar-refractivity contribution in [3.05, 3.63) is 0 Å². The minimum absolute atomic E-state index is 0.0661. The predicted molar refractivity (Wildman–Crippen MR) is 57.5 cm³/mol. The van der Waals surface area contributed by atoms with Crippen LogP contribution in [0.1, 0.15) is 33.1 Å². The number of likely N-dealkylation sites (N-methyl/N-ethyl adjacent to an activating group) is 1. The van der Waals surface area contributed by atoms with Crippen LogP contribution >= 0.6 is 0 Å². The number of nitrogens with zero attached hydrogens (tertiary/aromatic N) is 1. The van der Waals surface area contributed by atoms with Crippen LogP contribution in [0.5, 0.6) is 0 Å². The molecule has 0 radical (unpaired) electrons. The van der Waals surface area contributed by atoms with Crippen molar-refractivity contribution in [3.8, 4) is 0 Å². The lowest BCUT2D eigenvalue weighted by atomic mass is 10.0. The number of ketones is 1. The quantitative estimate of drug-likeness (QED) is 0.498. The molecule has 0 unspecified atom stereocenters. The van der Waals surface area contributed by atoms with E-state index in [1.165, 1.54) is 7.11 Å². The Morgan fingerprint density at radius 1 is 1.57 bits per heavy atom. The molecule has 0 saturated heterocycles. The molecule has 14 heavy (non-hydrogen) atoms. The first-order valence-electron chi connectivity index (χ1n) is 4.92. The highest BCUT2D eigenvalue weighted by molar-refractivity contribution is 5.85. The van der Waals surface area contributed by atoms with E-state index in [0.29, 0.717) is 0 Å². The lowest BCUT2D eigenvalue weighted by Gasteiger charge is -2.12. The summed E-state index contributed by atoms with van der Waals surface area (Å²) in [6, 6.07) is -0.0661. The molecule has 0 heterocycles. The molecule has 1 atom stereocenters. The molecular formula is C10H20N2O2. The molecule has 1 N–H and O–H groups in total. The van der Waals surface area contributed by atoms with Crippen molar-refractivity contribution in [1.29, 1.82) is 0 Å². The second kappa shape index (κ2) is 7.50. The van der Waals surface area contributed by atoms with E-state index < -0.39 is 0 Å². The second-order valence-electron chi connectivity index (χ2n) is 3.18. The summed E-state index contributed by atoms with van der Waals surface area (Å²) in [5.74, 6) is 0.167. The minimum atomic E-state index is -0.0661. The first-order chi connectivity index (χ1) is 6.65. The van der Waals surface area contributed by atoms with Gasteiger partial charge in [-0.05, 0) is 33.2 Å². The number of hydrogen-bond donors (Lipinski definition) is 1. The number of carbonyl (C=O) groups excluding carboxylic acids is 1. The lowest BCUT2D eigenvalue weighted by Crippen LogP contribution is -2.32. The van der Waals surface area contributed by atoms with Gasteiger partial charge in [0.05, 0.1) is 11.8 Å². The molecule has 0 rings (SSSR count). The Morgan fingerprint density at radius 2 is 2.21 bits per heavy atom. The Morgan fingerprint density at radius 3 is 2.57 bits per heavy atom. The molecule has 0 spiro atoms. The first kappa shape index (κ1) is 13.1. The van der Waals surface area contributed by atoms with Gasteiger partial charge >= 0.3 is 0 Å². The van der Waals surface area contributed by atoms with Crippen molar-refractivity contribution in [2.75, 3.05) is 14.2 Å². The van der Waals surface area contributed by atoms with Crippen LogP contribution in [0.15, 0.2) is 5.16 Å². The zero-order valence-corrected chi connectivity index (χ0v) is 9.46. The zero-order chi connectivity index (χ0) is 11.0. The number of nitrogens with one attached hydrogen (secondary N) is 1. The van der Waals surface area contributed by atoms with Gasteiger partial charge in [-0.1, -0.05) is 12.1 Å². The van der Waals surface area contributed by atoms with Gasteiger partial charge in [0.2, 0.25) is 0 Å². The molecule has 0 fully saturated rings. The van der Waals surface area contributed by atoms with Crippen LogP contribution in [0, 0.1) is 0 Å². The van der Waals surface area contributed by atoms with Gasteiger partial charge in [-0.25, -0.2) is 0 Å². The Labute approximate surface area is 85.7 Å². The summed E-state index contributed by atoms with van der Waals surface area (Å²) in [7, 11) is 3.33. The lowest BCUT2D eigenvalue weighted by molar-refractivity contribution is -0.118. The van der Waals surface area contributed by atoms with Crippen molar-refractivity contribution < 1.29 is 9.63 Å². The Hall–Kier alpha value is -0.900. The van der Waals surface area contributed by atoms with Crippen molar-refractivity contribution >= 4 is 11.5 Å². The number of Topliss-reactive ketones (excluding diaryl/α,β-unsaturated/α-hetero) is 1. The van der Waals surface area contributed by atoms with Crippen molar-refractivity contribution in [3.63, 3.8) is 0 Å². The van der Waals surface area contributed by atoms with E-state index in [-0.39, 0.29) is 11.8 Å². The number of carbonyl (C=O) groups is 1. The molecular weight excluding hydrogens is 180 g/mol. The fraction of sp³-hybridized carbons (Fsp3) is 0.800. The average Bonchev–Trinajstić information content (AvgIpc) is 2.16. The van der Waals surface area contributed by atoms with E-state index in [9.17, 15) is 4.79 Å². The Kier molecular flexibility index (Phi) is 7.02. The van der Waals surface area contributed by atoms with Gasteiger partial charge in [-0.15, -0.1) is 0 Å². The monoisotopic (exact) mass is 200 g/mol. The van der Waals surface area contributed by atoms with Crippen LogP contribution < -0.4 is 5.32 Å². The molecule has 0 aliphatic heterocycles. The van der Waals surface area contributed by atoms with Crippen LogP contribution in [-0.4, -0.2) is 31.7 Å². The van der Waals surface area contributed by atoms with Gasteiger partial charge in [0.25, 0.3) is 0 Å². The maximum atomic E-state index is 11.1. The normalized spacial score (nSPS) is 13.9. The molecule has 0 aliphatic carbocycles. The van der Waals surface area contributed by atoms with Gasteiger partial charge in [-0.2, -0.15) is 0 Å². The molecule has 0 aliphatic rings. The summed E-state index contributed by atoms with van der Waals surface area (Å²) < 4.78 is 0. The van der Waals surface area contributed by atoms with Crippen LogP contribution in [0.3, 0.4) is 0 Å². The molecule has 0 aromatic carbocycles. The number of rotatable bonds is 7. The van der Waals surface area contributed by atoms with Crippen molar-refractivity contribution in [2.45, 2.75) is 39.2 Å². The summed E-state index contributed by atoms with van der Waals surface area (Å²) in [5.41, 5.74) is 0.994. The largest absolute Gasteiger partial charge is 0.399 e. The molecule has 0 aromatic heterocycles. The van der Waals surface area contributed by atoms with Gasteiger partial charge in [0.1, 0.15) is 12.9 Å². The second-order valence-corrected chi connectivity index (χ2v) is 3.18. The highest BCUT2D eigenvalue weighted by Crippen LogP contribution is 2.03. The summed E-state index contributed by atoms with van der Waals surface area (Å²) in [4.78, 5) is 15.8. The topological polar surface area (TPSA) is 50.7 Å². The molecule has 0 saturated carbocycles. The smallest absolute Gasteiger partial charge is 0.146 e. The van der Waals surface area contributed by atoms with Gasteiger partial charge in [-0.3, -0.25) is 4.79 Å². The molecule has 4 nitrogen and oxygen atoms in total. The van der Waals surface area contributed by atoms with Gasteiger partial charge < -0.3 is 10.2 Å². The average molecular weight is 200 g/mol. The fourth-order valence-electron chi connectivity index (χ4n) is 1.28. The van der Waals surface area contributed by atoms with E-state index in [2.05, 4.69) is 10.5 Å². The van der Waals surface area contributed by atoms with Crippen LogP contribution in [0.2, 0.25) is 0 Å². The van der Waals surface area contributed by atoms with E-state index in [1.54, 1.807) is 14.0 Å². The standard InChI is InChI=1S/C10H20N2O2/c1-5-9(12-14-4)6-7-10(11-3)8(2)13/h10-11H,5-7H2,1-4H3/b12-9+/t10-/m0/s1. The first-order valence-corrected chi connectivity index (χ1v) is 4.92. The summed E-state index contributed by atoms with van der Waals surface area (Å²) in [6.45, 7) is 3.63. The third-order valence-corrected chi connectivity index (χ3v) is 2.19. The maximum absolute atomic E-state index is 11.1. The number of hydrogen-bond acceptors (Lipinski definition) is 4. The summed E-state index contributed by atoms with van der Waals surface area (Å²) in [6.07, 6.45) is 2.44. The highest BCUT2D eigenvalue weighted by atomic mass is 16.6. The van der Waals surface area contributed by atoms with Crippen LogP contribution in [0.25, 0.3) is 0 Å². The molecule has 0 bridgehead atoms. The molecule has 82 valence electrons. The third kappa shape index (κ3) is 4.97. The van der Waals surface area contributed by atoms with Crippen molar-refractivity contribution in [1.82, 2.24) is 5.32 Å². The van der Waals surface area contributed by atoms with Crippen LogP contribution in [0.4, 0.5) is 0 Å². The number of oxime groups is 1. The minimum Gasteiger partial charge on any atom is -0.399 e. The van der Waals surface area contributed by atoms with Gasteiger partial charge in [0, 0.05) is 0 Å². The molecule has 0 aromatic rings. The SMILES string of the molecule is CC/C(CC[C@H](NC)C(C)=O)=N\OC. The van der Waals surface area contributed by atoms with E-state index in [0.717, 1.165) is 25.0 Å². The molecule has 4 heteroatoms. The fourth-order valence-corrected chi connectivity index (χ4v) is 1.28. The van der Waals surface area contributed by atoms with Crippen molar-refractivity contribution in [2.24, 2.45) is 5.16 Å². The van der Waals surface area contributed by atoms with E-state index in [1.807, 2.05) is 6.92 Å². The third-order valence-electron chi connectivity index (χ3n) is 2.19. The van der Waals surface area contributed by atoms with Gasteiger partial charge in [0.15, 0.2) is 0 Å². The van der Waals surface area contributed by atoms with E-state index in [4.69, 9.17) is 4.84 Å². The zero-order valence-electron chi connectivity index (χ0n) is 9.46. The summed E-state index contributed by atoms with van der Waals surface area (Å²) in [5, 5.41) is 6.86. The Balaban J connectivity index is 4.00.